The fourth-order valence-corrected chi connectivity index (χ4v) is 3.86. The standard InChI is InChI=1S/C26H50O2/c1-6-9-12-14-16-18-21-25(20-17-15-13-10-7-2)26(27)28-24(5)22-23(4)19-11-8-3/h11,19,23-25H,6-10,12-18,20-22H2,1-5H3/b19-11-. The quantitative estimate of drug-likeness (QED) is 0.124. The highest BCUT2D eigenvalue weighted by molar-refractivity contribution is 5.72. The van der Waals surface area contributed by atoms with E-state index < -0.39 is 0 Å². The average Bonchev–Trinajstić information content (AvgIpc) is 2.66. The van der Waals surface area contributed by atoms with Crippen molar-refractivity contribution in [1.29, 1.82) is 0 Å². The number of hydrogen-bond acceptors (Lipinski definition) is 2. The summed E-state index contributed by atoms with van der Waals surface area (Å²) in [6.07, 6.45) is 22.5. The van der Waals surface area contributed by atoms with E-state index in [2.05, 4.69) is 46.8 Å². The molecule has 0 saturated carbocycles. The Morgan fingerprint density at radius 1 is 0.786 bits per heavy atom. The van der Waals surface area contributed by atoms with Gasteiger partial charge in [-0.15, -0.1) is 0 Å². The highest BCUT2D eigenvalue weighted by Gasteiger charge is 2.22. The molecule has 0 aromatic carbocycles. The van der Waals surface area contributed by atoms with E-state index in [1.165, 1.54) is 70.6 Å². The lowest BCUT2D eigenvalue weighted by atomic mass is 9.94. The maximum absolute atomic E-state index is 12.8. The first-order valence-electron chi connectivity index (χ1n) is 12.4. The number of unbranched alkanes of at least 4 members (excludes halogenated alkanes) is 9. The van der Waals surface area contributed by atoms with Crippen LogP contribution >= 0.6 is 0 Å². The summed E-state index contributed by atoms with van der Waals surface area (Å²) in [5, 5.41) is 0. The number of carbonyl (C=O) groups is 1. The second-order valence-corrected chi connectivity index (χ2v) is 8.75. The lowest BCUT2D eigenvalue weighted by molar-refractivity contribution is -0.154. The normalized spacial score (nSPS) is 14.9. The summed E-state index contributed by atoms with van der Waals surface area (Å²) in [4.78, 5) is 12.8. The van der Waals surface area contributed by atoms with Crippen molar-refractivity contribution < 1.29 is 9.53 Å². The van der Waals surface area contributed by atoms with Gasteiger partial charge in [0.25, 0.3) is 0 Å². The van der Waals surface area contributed by atoms with Gasteiger partial charge >= 0.3 is 5.97 Å². The molecule has 2 nitrogen and oxygen atoms in total. The molecule has 3 atom stereocenters. The summed E-state index contributed by atoms with van der Waals surface area (Å²) in [5.74, 6) is 0.633. The molecule has 0 fully saturated rings. The Balaban J connectivity index is 4.38. The topological polar surface area (TPSA) is 26.3 Å². The lowest BCUT2D eigenvalue weighted by Gasteiger charge is -2.21. The molecule has 0 aliphatic carbocycles. The molecular weight excluding hydrogens is 344 g/mol. The van der Waals surface area contributed by atoms with E-state index >= 15 is 0 Å². The number of carbonyl (C=O) groups excluding carboxylic acids is 1. The van der Waals surface area contributed by atoms with Crippen LogP contribution in [0.2, 0.25) is 0 Å². The van der Waals surface area contributed by atoms with Crippen LogP contribution in [-0.2, 0) is 9.53 Å². The molecule has 3 unspecified atom stereocenters. The summed E-state index contributed by atoms with van der Waals surface area (Å²) in [6.45, 7) is 10.9. The van der Waals surface area contributed by atoms with Crippen molar-refractivity contribution in [3.63, 3.8) is 0 Å². The first-order valence-corrected chi connectivity index (χ1v) is 12.4. The molecule has 2 heteroatoms. The van der Waals surface area contributed by atoms with E-state index in [0.29, 0.717) is 5.92 Å². The molecule has 0 N–H and O–H groups in total. The Bertz CT molecular complexity index is 375. The van der Waals surface area contributed by atoms with Crippen molar-refractivity contribution >= 4 is 5.97 Å². The zero-order valence-corrected chi connectivity index (χ0v) is 19.8. The van der Waals surface area contributed by atoms with Gasteiger partial charge in [-0.2, -0.15) is 0 Å². The van der Waals surface area contributed by atoms with Crippen LogP contribution in [0.1, 0.15) is 131 Å². The van der Waals surface area contributed by atoms with Gasteiger partial charge < -0.3 is 4.74 Å². The van der Waals surface area contributed by atoms with E-state index in [9.17, 15) is 4.79 Å². The van der Waals surface area contributed by atoms with Gasteiger partial charge in [0, 0.05) is 0 Å². The molecule has 0 heterocycles. The molecular formula is C26H50O2. The first kappa shape index (κ1) is 27.2. The summed E-state index contributed by atoms with van der Waals surface area (Å²) >= 11 is 0. The van der Waals surface area contributed by atoms with E-state index in [-0.39, 0.29) is 18.0 Å². The predicted octanol–water partition coefficient (Wildman–Crippen LogP) is 8.64. The molecule has 0 saturated heterocycles. The van der Waals surface area contributed by atoms with Crippen LogP contribution < -0.4 is 0 Å². The molecule has 0 aliphatic heterocycles. The van der Waals surface area contributed by atoms with Gasteiger partial charge in [-0.05, 0) is 38.5 Å². The minimum atomic E-state index is 0.0103. The molecule has 166 valence electrons. The third-order valence-electron chi connectivity index (χ3n) is 5.62. The van der Waals surface area contributed by atoms with Crippen LogP contribution in [-0.4, -0.2) is 12.1 Å². The highest BCUT2D eigenvalue weighted by atomic mass is 16.5. The molecule has 0 aliphatic rings. The molecule has 0 amide bonds. The molecule has 28 heavy (non-hydrogen) atoms. The number of esters is 1. The minimum absolute atomic E-state index is 0.0103. The fourth-order valence-electron chi connectivity index (χ4n) is 3.86. The Kier molecular flexibility index (Phi) is 19.0. The molecule has 0 spiro atoms. The van der Waals surface area contributed by atoms with Gasteiger partial charge in [0.2, 0.25) is 0 Å². The summed E-state index contributed by atoms with van der Waals surface area (Å²) < 4.78 is 5.86. The largest absolute Gasteiger partial charge is 0.462 e. The van der Waals surface area contributed by atoms with E-state index in [4.69, 9.17) is 4.74 Å². The van der Waals surface area contributed by atoms with Gasteiger partial charge in [-0.1, -0.05) is 110 Å². The van der Waals surface area contributed by atoms with Crippen LogP contribution in [0.15, 0.2) is 12.2 Å². The number of allylic oxidation sites excluding steroid dienone is 2. The van der Waals surface area contributed by atoms with Crippen LogP contribution in [0.25, 0.3) is 0 Å². The van der Waals surface area contributed by atoms with E-state index in [1.807, 2.05) is 0 Å². The third kappa shape index (κ3) is 16.2. The Morgan fingerprint density at radius 3 is 1.79 bits per heavy atom. The monoisotopic (exact) mass is 394 g/mol. The molecule has 0 aromatic rings. The van der Waals surface area contributed by atoms with Crippen LogP contribution in [0.4, 0.5) is 0 Å². The zero-order chi connectivity index (χ0) is 21.0. The second kappa shape index (κ2) is 19.5. The fraction of sp³-hybridized carbons (Fsp3) is 0.885. The molecule has 0 bridgehead atoms. The molecule has 0 aromatic heterocycles. The van der Waals surface area contributed by atoms with Crippen LogP contribution in [0.3, 0.4) is 0 Å². The Hall–Kier alpha value is -0.790. The van der Waals surface area contributed by atoms with Crippen molar-refractivity contribution in [2.75, 3.05) is 0 Å². The summed E-state index contributed by atoms with van der Waals surface area (Å²) in [6, 6.07) is 0. The van der Waals surface area contributed by atoms with Crippen LogP contribution in [0, 0.1) is 11.8 Å². The summed E-state index contributed by atoms with van der Waals surface area (Å²) in [7, 11) is 0. The smallest absolute Gasteiger partial charge is 0.309 e. The van der Waals surface area contributed by atoms with Gasteiger partial charge in [0.05, 0.1) is 12.0 Å². The van der Waals surface area contributed by atoms with Crippen molar-refractivity contribution in [2.45, 2.75) is 137 Å². The molecule has 0 radical (unpaired) electrons. The number of rotatable bonds is 19. The lowest BCUT2D eigenvalue weighted by Crippen LogP contribution is -2.24. The first-order chi connectivity index (χ1) is 13.5. The number of hydrogen-bond donors (Lipinski definition) is 0. The van der Waals surface area contributed by atoms with Gasteiger partial charge in [-0.25, -0.2) is 0 Å². The second-order valence-electron chi connectivity index (χ2n) is 8.75. The molecule has 0 rings (SSSR count). The average molecular weight is 395 g/mol. The van der Waals surface area contributed by atoms with Crippen molar-refractivity contribution in [3.8, 4) is 0 Å². The SMILES string of the molecule is CC/C=C\C(C)CC(C)OC(=O)C(CCCCCCC)CCCCCCCC. The maximum atomic E-state index is 12.8. The van der Waals surface area contributed by atoms with E-state index in [1.54, 1.807) is 0 Å². The van der Waals surface area contributed by atoms with E-state index in [0.717, 1.165) is 25.7 Å². The maximum Gasteiger partial charge on any atom is 0.309 e. The third-order valence-corrected chi connectivity index (χ3v) is 5.62. The van der Waals surface area contributed by atoms with Crippen molar-refractivity contribution in [1.82, 2.24) is 0 Å². The minimum Gasteiger partial charge on any atom is -0.462 e. The van der Waals surface area contributed by atoms with Crippen molar-refractivity contribution in [2.24, 2.45) is 11.8 Å². The Labute approximate surface area is 176 Å². The summed E-state index contributed by atoms with van der Waals surface area (Å²) in [5.41, 5.74) is 0. The van der Waals surface area contributed by atoms with Gasteiger partial charge in [0.15, 0.2) is 0 Å². The van der Waals surface area contributed by atoms with Crippen LogP contribution in [0.5, 0.6) is 0 Å². The van der Waals surface area contributed by atoms with Gasteiger partial charge in [-0.3, -0.25) is 4.79 Å². The zero-order valence-electron chi connectivity index (χ0n) is 19.8. The van der Waals surface area contributed by atoms with Crippen molar-refractivity contribution in [3.05, 3.63) is 12.2 Å². The Morgan fingerprint density at radius 2 is 1.29 bits per heavy atom. The van der Waals surface area contributed by atoms with Gasteiger partial charge in [0.1, 0.15) is 0 Å². The highest BCUT2D eigenvalue weighted by Crippen LogP contribution is 2.22. The predicted molar refractivity (Wildman–Crippen MR) is 124 cm³/mol. The number of ether oxygens (including phenoxy) is 1.